The largest absolute Gasteiger partial charge is 0.456 e. The van der Waals surface area contributed by atoms with Crippen LogP contribution in [-0.2, 0) is 10.3 Å². The fourth-order valence-electron chi connectivity index (χ4n) is 4.22. The molecule has 0 aliphatic carbocycles. The van der Waals surface area contributed by atoms with Gasteiger partial charge in [0.05, 0.1) is 5.56 Å². The van der Waals surface area contributed by atoms with Gasteiger partial charge in [0.1, 0.15) is 11.5 Å². The average Bonchev–Trinajstić information content (AvgIpc) is 3.11. The summed E-state index contributed by atoms with van der Waals surface area (Å²) >= 11 is 0. The summed E-state index contributed by atoms with van der Waals surface area (Å²) in [5.74, 6) is 0.389. The molecule has 4 N–H and O–H groups in total. The van der Waals surface area contributed by atoms with Gasteiger partial charge in [-0.2, -0.15) is 0 Å². The number of hydrogen-bond donors (Lipinski definition) is 4. The van der Waals surface area contributed by atoms with Crippen LogP contribution in [0.2, 0.25) is 0 Å². The standard InChI is InChI=1S/C24H20N4O5/c1-25-22(30)27-13-7-9-17-19(11-13)32-20-12-14(28-23(31)26-2)8-10-18(20)24(17)16-6-4-3-5-15(16)21(29)33-24/h3-12H,1-2H3,(H2,25,27,30)(H2,26,28,31). The molecule has 2 aliphatic rings. The lowest BCUT2D eigenvalue weighted by molar-refractivity contribution is 0.0224. The van der Waals surface area contributed by atoms with E-state index in [0.29, 0.717) is 45.1 Å². The molecule has 9 heteroatoms. The number of carbonyl (C=O) groups is 3. The summed E-state index contributed by atoms with van der Waals surface area (Å²) < 4.78 is 12.3. The number of anilines is 2. The smallest absolute Gasteiger partial charge is 0.340 e. The average molecular weight is 444 g/mol. The third kappa shape index (κ3) is 3.13. The summed E-state index contributed by atoms with van der Waals surface area (Å²) in [6.07, 6.45) is 0. The van der Waals surface area contributed by atoms with Crippen LogP contribution in [0.25, 0.3) is 0 Å². The van der Waals surface area contributed by atoms with E-state index in [2.05, 4.69) is 21.3 Å². The number of carbonyl (C=O) groups excluding carboxylic acids is 3. The van der Waals surface area contributed by atoms with Gasteiger partial charge in [-0.3, -0.25) is 0 Å². The first-order valence-electron chi connectivity index (χ1n) is 10.2. The number of fused-ring (bicyclic) bond motifs is 6. The molecule has 166 valence electrons. The zero-order valence-electron chi connectivity index (χ0n) is 17.8. The van der Waals surface area contributed by atoms with E-state index in [9.17, 15) is 14.4 Å². The molecule has 1 spiro atoms. The molecule has 5 rings (SSSR count). The Labute approximate surface area is 189 Å². The van der Waals surface area contributed by atoms with E-state index in [4.69, 9.17) is 9.47 Å². The number of esters is 1. The third-order valence-electron chi connectivity index (χ3n) is 5.68. The lowest BCUT2D eigenvalue weighted by Gasteiger charge is -2.36. The van der Waals surface area contributed by atoms with Crippen molar-refractivity contribution in [3.63, 3.8) is 0 Å². The second-order valence-electron chi connectivity index (χ2n) is 7.55. The first-order valence-corrected chi connectivity index (χ1v) is 10.2. The molecule has 33 heavy (non-hydrogen) atoms. The second kappa shape index (κ2) is 7.56. The number of urea groups is 2. The summed E-state index contributed by atoms with van der Waals surface area (Å²) in [4.78, 5) is 36.5. The van der Waals surface area contributed by atoms with Crippen LogP contribution in [0.15, 0.2) is 60.7 Å². The Kier molecular flexibility index (Phi) is 4.67. The van der Waals surface area contributed by atoms with Crippen molar-refractivity contribution in [1.82, 2.24) is 10.6 Å². The molecular formula is C24H20N4O5. The minimum absolute atomic E-state index is 0.379. The Morgan fingerprint density at radius 2 is 1.30 bits per heavy atom. The topological polar surface area (TPSA) is 118 Å². The summed E-state index contributed by atoms with van der Waals surface area (Å²) in [6, 6.07) is 16.8. The van der Waals surface area contributed by atoms with Crippen LogP contribution in [0, 0.1) is 0 Å². The molecule has 0 bridgehead atoms. The Morgan fingerprint density at radius 1 is 0.758 bits per heavy atom. The summed E-state index contributed by atoms with van der Waals surface area (Å²) in [5.41, 5.74) is 2.20. The van der Waals surface area contributed by atoms with Gasteiger partial charge in [0.25, 0.3) is 0 Å². The Balaban J connectivity index is 1.71. The van der Waals surface area contributed by atoms with Crippen molar-refractivity contribution >= 4 is 29.4 Å². The predicted molar refractivity (Wildman–Crippen MR) is 121 cm³/mol. The van der Waals surface area contributed by atoms with Crippen molar-refractivity contribution in [1.29, 1.82) is 0 Å². The second-order valence-corrected chi connectivity index (χ2v) is 7.55. The van der Waals surface area contributed by atoms with E-state index in [1.54, 1.807) is 48.5 Å². The van der Waals surface area contributed by atoms with Gasteiger partial charge >= 0.3 is 18.0 Å². The first kappa shape index (κ1) is 20.4. The molecule has 0 saturated heterocycles. The van der Waals surface area contributed by atoms with Crippen molar-refractivity contribution in [2.24, 2.45) is 0 Å². The molecule has 9 nitrogen and oxygen atoms in total. The van der Waals surface area contributed by atoms with Crippen LogP contribution in [0.3, 0.4) is 0 Å². The van der Waals surface area contributed by atoms with Crippen LogP contribution in [0.5, 0.6) is 11.5 Å². The number of nitrogens with one attached hydrogen (secondary N) is 4. The molecule has 3 aromatic rings. The molecule has 4 amide bonds. The van der Waals surface area contributed by atoms with Gasteiger partial charge in [-0.1, -0.05) is 18.2 Å². The van der Waals surface area contributed by atoms with Crippen LogP contribution in [0.4, 0.5) is 21.0 Å². The lowest BCUT2D eigenvalue weighted by Crippen LogP contribution is -2.33. The highest BCUT2D eigenvalue weighted by Gasteiger charge is 2.53. The molecule has 2 heterocycles. The minimum atomic E-state index is -1.23. The maximum Gasteiger partial charge on any atom is 0.340 e. The van der Waals surface area contributed by atoms with Crippen molar-refractivity contribution < 1.29 is 23.9 Å². The summed E-state index contributed by atoms with van der Waals surface area (Å²) in [6.45, 7) is 0. The number of amides is 4. The van der Waals surface area contributed by atoms with Crippen molar-refractivity contribution in [3.05, 3.63) is 82.9 Å². The SMILES string of the molecule is CNC(=O)Nc1ccc2c(c1)Oc1cc(NC(=O)NC)ccc1C21OC(=O)c2ccccc21. The van der Waals surface area contributed by atoms with Crippen LogP contribution >= 0.6 is 0 Å². The van der Waals surface area contributed by atoms with Crippen LogP contribution in [0.1, 0.15) is 27.0 Å². The number of hydrogen-bond acceptors (Lipinski definition) is 5. The van der Waals surface area contributed by atoms with E-state index in [0.717, 1.165) is 0 Å². The van der Waals surface area contributed by atoms with E-state index in [1.165, 1.54) is 14.1 Å². The Morgan fingerprint density at radius 3 is 1.85 bits per heavy atom. The monoisotopic (exact) mass is 444 g/mol. The highest BCUT2D eigenvalue weighted by Crippen LogP contribution is 2.56. The van der Waals surface area contributed by atoms with Crippen LogP contribution < -0.4 is 26.0 Å². The van der Waals surface area contributed by atoms with Gasteiger partial charge in [0.15, 0.2) is 5.60 Å². The van der Waals surface area contributed by atoms with Crippen molar-refractivity contribution in [2.75, 3.05) is 24.7 Å². The summed E-state index contributed by atoms with van der Waals surface area (Å²) in [7, 11) is 3.04. The van der Waals surface area contributed by atoms with Gasteiger partial charge in [0, 0.05) is 54.3 Å². The molecule has 0 fully saturated rings. The van der Waals surface area contributed by atoms with Crippen molar-refractivity contribution in [3.8, 4) is 11.5 Å². The maximum absolute atomic E-state index is 12.9. The quantitative estimate of drug-likeness (QED) is 0.449. The molecule has 0 radical (unpaired) electrons. The molecule has 0 atom stereocenters. The van der Waals surface area contributed by atoms with Gasteiger partial charge in [-0.25, -0.2) is 14.4 Å². The Bertz CT molecular complexity index is 1250. The van der Waals surface area contributed by atoms with E-state index < -0.39 is 11.6 Å². The molecule has 0 aromatic heterocycles. The fraction of sp³-hybridized carbons (Fsp3) is 0.125. The molecule has 0 saturated carbocycles. The minimum Gasteiger partial charge on any atom is -0.456 e. The van der Waals surface area contributed by atoms with Gasteiger partial charge in [-0.05, 0) is 30.3 Å². The fourth-order valence-corrected chi connectivity index (χ4v) is 4.22. The van der Waals surface area contributed by atoms with Crippen LogP contribution in [-0.4, -0.2) is 32.1 Å². The molecular weight excluding hydrogens is 424 g/mol. The lowest BCUT2D eigenvalue weighted by atomic mass is 9.77. The number of benzene rings is 3. The normalized spacial score (nSPS) is 14.2. The highest BCUT2D eigenvalue weighted by atomic mass is 16.6. The van der Waals surface area contributed by atoms with Crippen molar-refractivity contribution in [2.45, 2.75) is 5.60 Å². The number of ether oxygens (including phenoxy) is 2. The Hall–Kier alpha value is -4.53. The van der Waals surface area contributed by atoms with Gasteiger partial charge < -0.3 is 30.7 Å². The molecule has 3 aromatic carbocycles. The molecule has 2 aliphatic heterocycles. The first-order chi connectivity index (χ1) is 16.0. The zero-order valence-corrected chi connectivity index (χ0v) is 17.8. The molecule has 0 unspecified atom stereocenters. The van der Waals surface area contributed by atoms with Gasteiger partial charge in [0.2, 0.25) is 0 Å². The van der Waals surface area contributed by atoms with Gasteiger partial charge in [-0.15, -0.1) is 0 Å². The number of rotatable bonds is 2. The van der Waals surface area contributed by atoms with E-state index in [-0.39, 0.29) is 12.1 Å². The predicted octanol–water partition coefficient (Wildman–Crippen LogP) is 3.76. The van der Waals surface area contributed by atoms with E-state index >= 15 is 0 Å². The third-order valence-corrected chi connectivity index (χ3v) is 5.68. The zero-order chi connectivity index (χ0) is 23.2. The highest BCUT2D eigenvalue weighted by molar-refractivity contribution is 5.97. The van der Waals surface area contributed by atoms with E-state index in [1.807, 2.05) is 12.1 Å². The maximum atomic E-state index is 12.9. The summed E-state index contributed by atoms with van der Waals surface area (Å²) in [5, 5.41) is 10.4.